The van der Waals surface area contributed by atoms with Gasteiger partial charge in [0.25, 0.3) is 5.91 Å². The molecular formula is C25H21NO5. The number of furan rings is 1. The molecule has 0 radical (unpaired) electrons. The summed E-state index contributed by atoms with van der Waals surface area (Å²) in [5, 5.41) is 0.852. The van der Waals surface area contributed by atoms with E-state index in [0.29, 0.717) is 22.6 Å². The third kappa shape index (κ3) is 3.93. The fraction of sp³-hybridized carbons (Fsp3) is 0.120. The third-order valence-electron chi connectivity index (χ3n) is 4.94. The van der Waals surface area contributed by atoms with Gasteiger partial charge in [0.05, 0.1) is 18.2 Å². The molecule has 31 heavy (non-hydrogen) atoms. The van der Waals surface area contributed by atoms with E-state index in [2.05, 4.69) is 0 Å². The molecule has 0 aliphatic heterocycles. The molecule has 0 aliphatic rings. The smallest absolute Gasteiger partial charge is 0.337 e. The summed E-state index contributed by atoms with van der Waals surface area (Å²) >= 11 is 0. The van der Waals surface area contributed by atoms with Crippen molar-refractivity contribution in [2.45, 2.75) is 0 Å². The van der Waals surface area contributed by atoms with Crippen molar-refractivity contribution in [3.63, 3.8) is 0 Å². The Labute approximate surface area is 179 Å². The van der Waals surface area contributed by atoms with Gasteiger partial charge in [-0.2, -0.15) is 0 Å². The van der Waals surface area contributed by atoms with Crippen molar-refractivity contribution in [1.82, 2.24) is 0 Å². The number of ether oxygens (including phenoxy) is 2. The number of esters is 1. The molecule has 1 heterocycles. The maximum atomic E-state index is 13.3. The minimum atomic E-state index is -0.413. The van der Waals surface area contributed by atoms with E-state index in [4.69, 9.17) is 13.9 Å². The van der Waals surface area contributed by atoms with Crippen molar-refractivity contribution >= 4 is 28.7 Å². The first-order chi connectivity index (χ1) is 15.1. The van der Waals surface area contributed by atoms with Crippen LogP contribution in [0.25, 0.3) is 22.1 Å². The Kier molecular flexibility index (Phi) is 5.82. The quantitative estimate of drug-likeness (QED) is 0.322. The van der Waals surface area contributed by atoms with Gasteiger partial charge in [0.1, 0.15) is 12.3 Å². The number of hydrogen-bond donors (Lipinski definition) is 0. The van der Waals surface area contributed by atoms with Gasteiger partial charge in [0.15, 0.2) is 0 Å². The van der Waals surface area contributed by atoms with E-state index in [1.165, 1.54) is 19.1 Å². The molecule has 0 fully saturated rings. The molecule has 0 saturated heterocycles. The molecule has 0 atom stereocenters. The molecule has 1 aromatic heterocycles. The highest BCUT2D eigenvalue weighted by Crippen LogP contribution is 2.41. The van der Waals surface area contributed by atoms with Crippen LogP contribution in [-0.2, 0) is 9.47 Å². The molecule has 4 rings (SSSR count). The van der Waals surface area contributed by atoms with Gasteiger partial charge in [0.2, 0.25) is 5.88 Å². The van der Waals surface area contributed by atoms with Crippen LogP contribution in [0.3, 0.4) is 0 Å². The van der Waals surface area contributed by atoms with E-state index >= 15 is 0 Å². The van der Waals surface area contributed by atoms with Crippen LogP contribution < -0.4 is 4.90 Å². The number of anilines is 1. The van der Waals surface area contributed by atoms with E-state index < -0.39 is 5.97 Å². The number of carbonyl (C=O) groups is 2. The molecule has 6 heteroatoms. The number of benzene rings is 3. The van der Waals surface area contributed by atoms with Crippen molar-refractivity contribution in [2.24, 2.45) is 0 Å². The standard InChI is InChI=1S/C25H21NO5/c1-29-16-26(23(27)18-8-4-3-5-9-18)24-22(20-10-6-7-11-21(20)31-24)17-12-14-19(15-13-17)25(28)30-2/h3-15H,16H2,1-2H3. The average molecular weight is 415 g/mol. The highest BCUT2D eigenvalue weighted by Gasteiger charge is 2.26. The van der Waals surface area contributed by atoms with Crippen LogP contribution in [0, 0.1) is 0 Å². The largest absolute Gasteiger partial charge is 0.465 e. The summed E-state index contributed by atoms with van der Waals surface area (Å²) in [7, 11) is 2.87. The zero-order chi connectivity index (χ0) is 21.8. The van der Waals surface area contributed by atoms with Crippen molar-refractivity contribution in [1.29, 1.82) is 0 Å². The summed E-state index contributed by atoms with van der Waals surface area (Å²) < 4.78 is 16.3. The molecule has 0 bridgehead atoms. The Morgan fingerprint density at radius 1 is 0.839 bits per heavy atom. The Balaban J connectivity index is 1.87. The van der Waals surface area contributed by atoms with Gasteiger partial charge >= 0.3 is 5.97 Å². The monoisotopic (exact) mass is 415 g/mol. The summed E-state index contributed by atoms with van der Waals surface area (Å²) in [6.07, 6.45) is 0. The first-order valence-corrected chi connectivity index (χ1v) is 9.70. The second-order valence-corrected chi connectivity index (χ2v) is 6.86. The van der Waals surface area contributed by atoms with Crippen LogP contribution >= 0.6 is 0 Å². The lowest BCUT2D eigenvalue weighted by atomic mass is 10.0. The number of carbonyl (C=O) groups excluding carboxylic acids is 2. The summed E-state index contributed by atoms with van der Waals surface area (Å²) in [6, 6.07) is 23.5. The number of para-hydroxylation sites is 1. The van der Waals surface area contributed by atoms with E-state index in [9.17, 15) is 9.59 Å². The summed E-state index contributed by atoms with van der Waals surface area (Å²) in [5.74, 6) is -0.277. The summed E-state index contributed by atoms with van der Waals surface area (Å²) in [6.45, 7) is 0.0147. The topological polar surface area (TPSA) is 69.0 Å². The lowest BCUT2D eigenvalue weighted by molar-refractivity contribution is 0.0600. The molecule has 6 nitrogen and oxygen atoms in total. The second kappa shape index (κ2) is 8.85. The Morgan fingerprint density at radius 3 is 2.19 bits per heavy atom. The molecule has 156 valence electrons. The van der Waals surface area contributed by atoms with Crippen LogP contribution in [-0.4, -0.2) is 32.8 Å². The van der Waals surface area contributed by atoms with Gasteiger partial charge in [-0.15, -0.1) is 0 Å². The molecule has 1 amide bonds. The molecule has 3 aromatic carbocycles. The first kappa shape index (κ1) is 20.4. The SMILES string of the molecule is COCN(C(=O)c1ccccc1)c1oc2ccccc2c1-c1ccc(C(=O)OC)cc1. The normalized spacial score (nSPS) is 10.8. The fourth-order valence-electron chi connectivity index (χ4n) is 3.47. The number of amides is 1. The van der Waals surface area contributed by atoms with Crippen LogP contribution in [0.15, 0.2) is 83.3 Å². The highest BCUT2D eigenvalue weighted by atomic mass is 16.5. The van der Waals surface area contributed by atoms with Gasteiger partial charge in [-0.1, -0.05) is 48.5 Å². The number of nitrogens with zero attached hydrogens (tertiary/aromatic N) is 1. The number of hydrogen-bond acceptors (Lipinski definition) is 5. The molecule has 0 spiro atoms. The fourth-order valence-corrected chi connectivity index (χ4v) is 3.47. The van der Waals surface area contributed by atoms with E-state index in [-0.39, 0.29) is 12.6 Å². The molecule has 4 aromatic rings. The maximum absolute atomic E-state index is 13.3. The number of fused-ring (bicyclic) bond motifs is 1. The van der Waals surface area contributed by atoms with Crippen molar-refractivity contribution < 1.29 is 23.5 Å². The van der Waals surface area contributed by atoms with Crippen molar-refractivity contribution in [2.75, 3.05) is 25.9 Å². The van der Waals surface area contributed by atoms with Crippen molar-refractivity contribution in [3.05, 3.63) is 90.0 Å². The minimum absolute atomic E-state index is 0.0147. The van der Waals surface area contributed by atoms with Crippen LogP contribution in [0.5, 0.6) is 0 Å². The van der Waals surface area contributed by atoms with E-state index in [0.717, 1.165) is 16.5 Å². The molecular weight excluding hydrogens is 394 g/mol. The number of rotatable bonds is 6. The lowest BCUT2D eigenvalue weighted by Gasteiger charge is -2.21. The predicted molar refractivity (Wildman–Crippen MR) is 118 cm³/mol. The van der Waals surface area contributed by atoms with Crippen molar-refractivity contribution in [3.8, 4) is 11.1 Å². The minimum Gasteiger partial charge on any atom is -0.465 e. The zero-order valence-electron chi connectivity index (χ0n) is 17.2. The Morgan fingerprint density at radius 2 is 1.52 bits per heavy atom. The zero-order valence-corrected chi connectivity index (χ0v) is 17.2. The maximum Gasteiger partial charge on any atom is 0.337 e. The van der Waals surface area contributed by atoms with Gasteiger partial charge < -0.3 is 13.9 Å². The van der Waals surface area contributed by atoms with Gasteiger partial charge in [-0.3, -0.25) is 9.69 Å². The Hall–Kier alpha value is -3.90. The summed E-state index contributed by atoms with van der Waals surface area (Å²) in [5.41, 5.74) is 3.15. The van der Waals surface area contributed by atoms with E-state index in [1.807, 2.05) is 54.6 Å². The Bertz CT molecular complexity index is 1210. The average Bonchev–Trinajstić information content (AvgIpc) is 3.21. The lowest BCUT2D eigenvalue weighted by Crippen LogP contribution is -2.32. The second-order valence-electron chi connectivity index (χ2n) is 6.86. The molecule has 0 saturated carbocycles. The third-order valence-corrected chi connectivity index (χ3v) is 4.94. The van der Waals surface area contributed by atoms with Gasteiger partial charge in [-0.25, -0.2) is 4.79 Å². The van der Waals surface area contributed by atoms with E-state index in [1.54, 1.807) is 24.3 Å². The molecule has 0 aliphatic carbocycles. The highest BCUT2D eigenvalue weighted by molar-refractivity contribution is 6.11. The summed E-state index contributed by atoms with van der Waals surface area (Å²) in [4.78, 5) is 26.6. The first-order valence-electron chi connectivity index (χ1n) is 9.70. The predicted octanol–water partition coefficient (Wildman–Crippen LogP) is 5.14. The van der Waals surface area contributed by atoms with Crippen LogP contribution in [0.1, 0.15) is 20.7 Å². The number of methoxy groups -OCH3 is 2. The van der Waals surface area contributed by atoms with Gasteiger partial charge in [0, 0.05) is 18.1 Å². The molecule has 0 N–H and O–H groups in total. The van der Waals surface area contributed by atoms with Crippen LogP contribution in [0.4, 0.5) is 5.88 Å². The van der Waals surface area contributed by atoms with Gasteiger partial charge in [-0.05, 0) is 35.9 Å². The van der Waals surface area contributed by atoms with Crippen LogP contribution in [0.2, 0.25) is 0 Å². The molecule has 0 unspecified atom stereocenters.